The molecule has 1 N–H and O–H groups in total. The Kier molecular flexibility index (Phi) is 5.03. The van der Waals surface area contributed by atoms with Crippen molar-refractivity contribution in [1.29, 1.82) is 0 Å². The minimum atomic E-state index is -0.671. The van der Waals surface area contributed by atoms with Gasteiger partial charge in [-0.2, -0.15) is 0 Å². The molecule has 2 aromatic rings. The van der Waals surface area contributed by atoms with Gasteiger partial charge in [-0.25, -0.2) is 9.97 Å². The van der Waals surface area contributed by atoms with E-state index in [9.17, 15) is 9.90 Å². The molecule has 3 heterocycles. The predicted molar refractivity (Wildman–Crippen MR) is 90.1 cm³/mol. The van der Waals surface area contributed by atoms with Gasteiger partial charge in [0, 0.05) is 37.6 Å². The van der Waals surface area contributed by atoms with Crippen molar-refractivity contribution in [3.05, 3.63) is 35.5 Å². The van der Waals surface area contributed by atoms with E-state index in [1.807, 2.05) is 29.9 Å². The normalized spacial score (nSPS) is 21.6. The molecule has 0 aliphatic carbocycles. The van der Waals surface area contributed by atoms with Crippen molar-refractivity contribution < 1.29 is 9.90 Å². The number of rotatable bonds is 6. The summed E-state index contributed by atoms with van der Waals surface area (Å²) in [6.07, 6.45) is 5.71. The van der Waals surface area contributed by atoms with E-state index in [-0.39, 0.29) is 11.8 Å². The second-order valence-electron chi connectivity index (χ2n) is 6.08. The number of carbonyl (C=O) groups is 1. The molecule has 0 bridgehead atoms. The molecule has 1 saturated heterocycles. The summed E-state index contributed by atoms with van der Waals surface area (Å²) in [5.74, 6) is 0.0813. The van der Waals surface area contributed by atoms with E-state index in [1.165, 1.54) is 0 Å². The number of likely N-dealkylation sites (tertiary alicyclic amines) is 1. The van der Waals surface area contributed by atoms with Crippen LogP contribution in [0, 0.1) is 11.8 Å². The standard InChI is InChI=1S/C17H21N3O2S/c1-2-4-13-10-20(11-14(13)17(21)22)9-12-7-18-16(19-8-12)15-5-3-6-23-15/h3,5-8,13-14H,2,4,9-11H2,1H3,(H,21,22)/t13-,14-/m1/s1. The molecule has 3 rings (SSSR count). The van der Waals surface area contributed by atoms with Crippen LogP contribution in [0.25, 0.3) is 10.7 Å². The summed E-state index contributed by atoms with van der Waals surface area (Å²) >= 11 is 1.62. The van der Waals surface area contributed by atoms with E-state index in [0.717, 1.165) is 35.7 Å². The first-order valence-electron chi connectivity index (χ1n) is 7.97. The van der Waals surface area contributed by atoms with E-state index < -0.39 is 5.97 Å². The van der Waals surface area contributed by atoms with E-state index in [2.05, 4.69) is 21.8 Å². The summed E-state index contributed by atoms with van der Waals surface area (Å²) in [6, 6.07) is 3.99. The highest BCUT2D eigenvalue weighted by molar-refractivity contribution is 7.13. The van der Waals surface area contributed by atoms with Crippen molar-refractivity contribution >= 4 is 17.3 Å². The maximum Gasteiger partial charge on any atom is 0.308 e. The fraction of sp³-hybridized carbons (Fsp3) is 0.471. The predicted octanol–water partition coefficient (Wildman–Crippen LogP) is 3.14. The summed E-state index contributed by atoms with van der Waals surface area (Å²) in [5, 5.41) is 11.4. The highest BCUT2D eigenvalue weighted by Gasteiger charge is 2.36. The van der Waals surface area contributed by atoms with Crippen LogP contribution in [0.4, 0.5) is 0 Å². The van der Waals surface area contributed by atoms with Crippen LogP contribution in [-0.2, 0) is 11.3 Å². The first-order chi connectivity index (χ1) is 11.2. The number of aliphatic carboxylic acids is 1. The van der Waals surface area contributed by atoms with E-state index in [4.69, 9.17) is 0 Å². The average Bonchev–Trinajstić information content (AvgIpc) is 3.18. The van der Waals surface area contributed by atoms with Crippen molar-refractivity contribution in [2.45, 2.75) is 26.3 Å². The Morgan fingerprint density at radius 1 is 1.39 bits per heavy atom. The van der Waals surface area contributed by atoms with Gasteiger partial charge in [0.15, 0.2) is 5.82 Å². The van der Waals surface area contributed by atoms with Crippen LogP contribution in [0.2, 0.25) is 0 Å². The second-order valence-corrected chi connectivity index (χ2v) is 7.03. The number of hydrogen-bond acceptors (Lipinski definition) is 5. The van der Waals surface area contributed by atoms with Crippen LogP contribution in [0.5, 0.6) is 0 Å². The molecule has 5 nitrogen and oxygen atoms in total. The van der Waals surface area contributed by atoms with Crippen LogP contribution in [-0.4, -0.2) is 39.0 Å². The zero-order valence-electron chi connectivity index (χ0n) is 13.2. The summed E-state index contributed by atoms with van der Waals surface area (Å²) in [4.78, 5) is 23.5. The van der Waals surface area contributed by atoms with Crippen LogP contribution >= 0.6 is 11.3 Å². The Bertz CT molecular complexity index is 642. The van der Waals surface area contributed by atoms with Gasteiger partial charge in [0.25, 0.3) is 0 Å². The molecule has 0 spiro atoms. The Hall–Kier alpha value is -1.79. The van der Waals surface area contributed by atoms with E-state index in [0.29, 0.717) is 13.1 Å². The lowest BCUT2D eigenvalue weighted by Crippen LogP contribution is -2.23. The maximum atomic E-state index is 11.4. The molecule has 0 amide bonds. The largest absolute Gasteiger partial charge is 0.481 e. The Morgan fingerprint density at radius 3 is 2.78 bits per heavy atom. The van der Waals surface area contributed by atoms with Crippen LogP contribution in [0.3, 0.4) is 0 Å². The zero-order valence-corrected chi connectivity index (χ0v) is 14.0. The summed E-state index contributed by atoms with van der Waals surface area (Å²) in [7, 11) is 0. The highest BCUT2D eigenvalue weighted by atomic mass is 32.1. The fourth-order valence-electron chi connectivity index (χ4n) is 3.26. The summed E-state index contributed by atoms with van der Waals surface area (Å²) in [6.45, 7) is 4.29. The van der Waals surface area contributed by atoms with Crippen molar-refractivity contribution in [2.75, 3.05) is 13.1 Å². The number of aromatic nitrogens is 2. The van der Waals surface area contributed by atoms with Gasteiger partial charge >= 0.3 is 5.97 Å². The molecule has 0 aromatic carbocycles. The molecule has 23 heavy (non-hydrogen) atoms. The van der Waals surface area contributed by atoms with Crippen molar-refractivity contribution in [3.8, 4) is 10.7 Å². The zero-order chi connectivity index (χ0) is 16.2. The smallest absolute Gasteiger partial charge is 0.308 e. The third-order valence-corrected chi connectivity index (χ3v) is 5.21. The fourth-order valence-corrected chi connectivity index (χ4v) is 3.93. The molecular weight excluding hydrogens is 310 g/mol. The molecule has 0 saturated carbocycles. The molecular formula is C17H21N3O2S. The number of hydrogen-bond donors (Lipinski definition) is 1. The van der Waals surface area contributed by atoms with Gasteiger partial charge in [0.05, 0.1) is 10.8 Å². The van der Waals surface area contributed by atoms with Gasteiger partial charge in [-0.05, 0) is 23.8 Å². The minimum Gasteiger partial charge on any atom is -0.481 e. The van der Waals surface area contributed by atoms with Crippen LogP contribution in [0.1, 0.15) is 25.3 Å². The molecule has 2 atom stereocenters. The monoisotopic (exact) mass is 331 g/mol. The quantitative estimate of drug-likeness (QED) is 0.881. The molecule has 1 fully saturated rings. The third-order valence-electron chi connectivity index (χ3n) is 4.35. The van der Waals surface area contributed by atoms with Crippen LogP contribution < -0.4 is 0 Å². The lowest BCUT2D eigenvalue weighted by Gasteiger charge is -2.15. The lowest BCUT2D eigenvalue weighted by atomic mass is 9.92. The van der Waals surface area contributed by atoms with Gasteiger partial charge in [0.2, 0.25) is 0 Å². The van der Waals surface area contributed by atoms with Crippen molar-refractivity contribution in [1.82, 2.24) is 14.9 Å². The van der Waals surface area contributed by atoms with Gasteiger partial charge in [-0.3, -0.25) is 9.69 Å². The van der Waals surface area contributed by atoms with Gasteiger partial charge < -0.3 is 5.11 Å². The number of carboxylic acid groups (broad SMARTS) is 1. The van der Waals surface area contributed by atoms with E-state index >= 15 is 0 Å². The number of carboxylic acids is 1. The molecule has 0 unspecified atom stereocenters. The molecule has 122 valence electrons. The summed E-state index contributed by atoms with van der Waals surface area (Å²) in [5.41, 5.74) is 1.03. The summed E-state index contributed by atoms with van der Waals surface area (Å²) < 4.78 is 0. The third kappa shape index (κ3) is 3.76. The van der Waals surface area contributed by atoms with E-state index in [1.54, 1.807) is 11.3 Å². The highest BCUT2D eigenvalue weighted by Crippen LogP contribution is 2.29. The SMILES string of the molecule is CCC[C@@H]1CN(Cc2cnc(-c3cccs3)nc2)C[C@H]1C(=O)O. The Morgan fingerprint density at radius 2 is 2.17 bits per heavy atom. The van der Waals surface area contributed by atoms with Gasteiger partial charge in [-0.1, -0.05) is 19.4 Å². The average molecular weight is 331 g/mol. The number of thiophene rings is 1. The Labute approximate surface area is 140 Å². The second kappa shape index (κ2) is 7.19. The molecule has 2 aromatic heterocycles. The lowest BCUT2D eigenvalue weighted by molar-refractivity contribution is -0.142. The van der Waals surface area contributed by atoms with Gasteiger partial charge in [0.1, 0.15) is 0 Å². The first-order valence-corrected chi connectivity index (χ1v) is 8.85. The minimum absolute atomic E-state index is 0.249. The van der Waals surface area contributed by atoms with Crippen LogP contribution in [0.15, 0.2) is 29.9 Å². The molecule has 1 aliphatic heterocycles. The number of nitrogens with zero attached hydrogens (tertiary/aromatic N) is 3. The Balaban J connectivity index is 1.64. The maximum absolute atomic E-state index is 11.4. The molecule has 6 heteroatoms. The first kappa shape index (κ1) is 16.1. The molecule has 1 aliphatic rings. The van der Waals surface area contributed by atoms with Crippen molar-refractivity contribution in [3.63, 3.8) is 0 Å². The topological polar surface area (TPSA) is 66.3 Å². The van der Waals surface area contributed by atoms with Crippen molar-refractivity contribution in [2.24, 2.45) is 11.8 Å². The van der Waals surface area contributed by atoms with Gasteiger partial charge in [-0.15, -0.1) is 11.3 Å². The molecule has 0 radical (unpaired) electrons.